The highest BCUT2D eigenvalue weighted by Crippen LogP contribution is 2.46. The first kappa shape index (κ1) is 96.8. The Balaban J connectivity index is 0.000000251. The first-order chi connectivity index (χ1) is 60.2. The number of anilines is 2. The third-order valence-electron chi connectivity index (χ3n) is 20.8. The number of aliphatic hydroxyl groups excluding tert-OH is 6. The quantitative estimate of drug-likeness (QED) is 0.00595. The summed E-state index contributed by atoms with van der Waals surface area (Å²) >= 11 is 0. The number of fused-ring (bicyclic) bond motifs is 6. The number of ether oxygens (including phenoxy) is 7. The van der Waals surface area contributed by atoms with Gasteiger partial charge < -0.3 is 129 Å². The third-order valence-corrected chi connectivity index (χ3v) is 20.8. The van der Waals surface area contributed by atoms with E-state index in [1.165, 1.54) is 48.5 Å². The van der Waals surface area contributed by atoms with Crippen molar-refractivity contribution >= 4 is 77.2 Å². The lowest BCUT2D eigenvalue weighted by Gasteiger charge is -2.38. The maximum Gasteiger partial charge on any atom is 0.514 e. The van der Waals surface area contributed by atoms with E-state index in [2.05, 4.69) is 52.6 Å². The van der Waals surface area contributed by atoms with Crippen LogP contribution in [0, 0.1) is 22.0 Å². The average molecular weight is 1760 g/mol. The number of hydrogen-bond donors (Lipinski definition) is 18. The van der Waals surface area contributed by atoms with E-state index in [1.807, 2.05) is 97.1 Å². The number of primary amides is 2. The molecule has 14 atom stereocenters. The Kier molecular flexibility index (Phi) is 35.8. The Bertz CT molecular complexity index is 4790. The summed E-state index contributed by atoms with van der Waals surface area (Å²) in [5, 5.41) is 90.0. The van der Waals surface area contributed by atoms with Gasteiger partial charge in [0.2, 0.25) is 23.6 Å². The number of non-ortho nitro benzene ring substituents is 1. The number of alkyl halides is 2. The molecule has 21 N–H and O–H groups in total. The van der Waals surface area contributed by atoms with Gasteiger partial charge in [-0.05, 0) is 130 Å². The van der Waals surface area contributed by atoms with E-state index in [0.717, 1.165) is 44.5 Å². The van der Waals surface area contributed by atoms with Gasteiger partial charge in [-0.1, -0.05) is 149 Å². The highest BCUT2D eigenvalue weighted by molar-refractivity contribution is 5.99. The number of nitrogens with two attached hydrogens (primary N) is 3. The van der Waals surface area contributed by atoms with Crippen molar-refractivity contribution in [2.45, 2.75) is 164 Å². The summed E-state index contributed by atoms with van der Waals surface area (Å²) in [5.41, 5.74) is 25.6. The summed E-state index contributed by atoms with van der Waals surface area (Å²) in [5.74, 6) is -3.46. The van der Waals surface area contributed by atoms with Gasteiger partial charge in [-0.15, -0.1) is 0 Å². The molecule has 2 heterocycles. The van der Waals surface area contributed by atoms with Gasteiger partial charge in [0.1, 0.15) is 86.8 Å². The minimum Gasteiger partial charge on any atom is -0.449 e. The Morgan fingerprint density at radius 1 is 0.484 bits per heavy atom. The molecule has 2 aliphatic carbocycles. The number of amides is 11. The van der Waals surface area contributed by atoms with Crippen molar-refractivity contribution in [1.29, 1.82) is 0 Å². The van der Waals surface area contributed by atoms with Crippen LogP contribution >= 0.6 is 0 Å². The number of hydrogen-bond acceptors (Lipinski definition) is 26. The molecule has 676 valence electrons. The van der Waals surface area contributed by atoms with Crippen molar-refractivity contribution in [3.05, 3.63) is 213 Å². The van der Waals surface area contributed by atoms with Crippen molar-refractivity contribution in [2.75, 3.05) is 50.2 Å². The summed E-state index contributed by atoms with van der Waals surface area (Å²) in [7, 11) is 0. The molecule has 0 aromatic heterocycles. The maximum absolute atomic E-state index is 14.2. The molecule has 6 unspecified atom stereocenters. The summed E-state index contributed by atoms with van der Waals surface area (Å²) in [6, 6.07) is 40.6. The van der Waals surface area contributed by atoms with Crippen LogP contribution in [0.25, 0.3) is 22.3 Å². The van der Waals surface area contributed by atoms with Gasteiger partial charge in [-0.3, -0.25) is 29.3 Å². The fraction of sp³-hybridized carbons (Fsp3) is 0.395. The monoisotopic (exact) mass is 1760 g/mol. The predicted molar refractivity (Wildman–Crippen MR) is 448 cm³/mol. The number of rotatable bonds is 33. The number of carbonyl (C=O) groups is 10. The van der Waals surface area contributed by atoms with Gasteiger partial charge >= 0.3 is 36.5 Å². The van der Waals surface area contributed by atoms with Gasteiger partial charge in [0, 0.05) is 48.4 Å². The molecule has 11 rings (SSSR count). The number of nitrogens with one attached hydrogen (secondary N) is 9. The van der Waals surface area contributed by atoms with Crippen LogP contribution in [0.5, 0.6) is 5.75 Å². The summed E-state index contributed by atoms with van der Waals surface area (Å²) in [4.78, 5) is 138. The lowest BCUT2D eigenvalue weighted by Crippen LogP contribution is -2.63. The molecule has 2 fully saturated rings. The molecule has 7 aromatic rings. The fourth-order valence-electron chi connectivity index (χ4n) is 14.1. The van der Waals surface area contributed by atoms with Gasteiger partial charge in [0.25, 0.3) is 5.69 Å². The lowest BCUT2D eigenvalue weighted by atomic mass is 9.98. The zero-order valence-corrected chi connectivity index (χ0v) is 68.9. The molecular formula is C86H103F2N13O25. The molecule has 0 saturated carbocycles. The van der Waals surface area contributed by atoms with Gasteiger partial charge in [0.15, 0.2) is 24.9 Å². The number of nitrogens with zero attached hydrogens (tertiary/aromatic N) is 1. The van der Waals surface area contributed by atoms with Crippen LogP contribution in [0.1, 0.15) is 98.6 Å². The molecule has 2 saturated heterocycles. The minimum atomic E-state index is -2.07. The van der Waals surface area contributed by atoms with E-state index in [0.29, 0.717) is 28.9 Å². The van der Waals surface area contributed by atoms with Crippen LogP contribution in [-0.2, 0) is 60.8 Å². The number of carbonyl (C=O) groups excluding carboxylic acids is 10. The molecular weight excluding hydrogens is 1650 g/mol. The standard InChI is InChI=1S/C40H49FN6O11.C40H42N6O10.C6H12FNO4/c1-21(2)32(46-39(54)57-20-28-26-10-5-3-8-24(26)25-9-4-6-11-27(25)28)36(51)45-29(12-7-17-43-38(42)53)35(50)44-23-15-13-22(14-16-23)19-56-40(55)47-33-34(49)31(41)30(18-48)58-37(33)52;1-24(2)35(45-39(50)54-23-33-31-10-5-3-8-29(31)30-9-4-6-11-32(30)33)37(48)44-34(12-7-21-42-38(41)49)36(47)43-26-15-13-25(14-16-26)22-55-40(51)56-28-19-17-27(18-20-28)46(52)53;7-3-2(1-9)12-6(11)4(8)5(3)10/h3-6,8-11,13-16,21,28-34,37,48-49,52H,7,12,17-20H2,1-2H3,(H,44,50)(H,45,51)(H,46,54)(H,47,55)(H3,42,43,53);3-6,8-11,13-20,24,33-35H,7,12,21-23H2,1-2H3,(H,43,47)(H,44,48)(H,45,50)(H3,41,42,49);2-6,9-11H,1,8H2/t29?,30-,31-,32?,33-,34+,37?;;2-,3-,4-,5+,6?/m1.1/s1. The third kappa shape index (κ3) is 27.0. The summed E-state index contributed by atoms with van der Waals surface area (Å²) < 4.78 is 63.2. The number of nitro benzene ring substituents is 1. The van der Waals surface area contributed by atoms with Crippen molar-refractivity contribution in [3.8, 4) is 28.0 Å². The molecule has 0 bridgehead atoms. The van der Waals surface area contributed by atoms with Crippen molar-refractivity contribution in [1.82, 2.24) is 37.2 Å². The van der Waals surface area contributed by atoms with Crippen LogP contribution in [0.15, 0.2) is 170 Å². The second kappa shape index (κ2) is 46.6. The zero-order valence-electron chi connectivity index (χ0n) is 68.9. The highest BCUT2D eigenvalue weighted by atomic mass is 19.1. The molecule has 7 aromatic carbocycles. The molecule has 38 nitrogen and oxygen atoms in total. The van der Waals surface area contributed by atoms with Gasteiger partial charge in [-0.2, -0.15) is 0 Å². The first-order valence-corrected chi connectivity index (χ1v) is 40.2. The van der Waals surface area contributed by atoms with E-state index in [9.17, 15) is 77.1 Å². The molecule has 4 aliphatic rings. The molecule has 11 amide bonds. The van der Waals surface area contributed by atoms with Crippen molar-refractivity contribution in [3.63, 3.8) is 0 Å². The number of alkyl carbamates (subject to hydrolysis) is 3. The number of aliphatic hydroxyl groups is 6. The first-order valence-electron chi connectivity index (χ1n) is 40.2. The zero-order chi connectivity index (χ0) is 91.4. The minimum absolute atomic E-state index is 0.0414. The Labute approximate surface area is 721 Å². The second-order valence-corrected chi connectivity index (χ2v) is 30.3. The Hall–Kier alpha value is -13.1. The number of benzene rings is 7. The topological polar surface area (TPSA) is 586 Å². The van der Waals surface area contributed by atoms with E-state index in [-0.39, 0.29) is 88.0 Å². The summed E-state index contributed by atoms with van der Waals surface area (Å²) in [6.45, 7) is 5.53. The van der Waals surface area contributed by atoms with Crippen LogP contribution < -0.4 is 69.8 Å². The molecule has 40 heteroatoms. The Morgan fingerprint density at radius 2 is 0.865 bits per heavy atom. The number of urea groups is 2. The number of halogens is 2. The maximum atomic E-state index is 14.2. The fourth-order valence-corrected chi connectivity index (χ4v) is 14.1. The van der Waals surface area contributed by atoms with E-state index in [4.69, 9.17) is 66.0 Å². The molecule has 2 aliphatic heterocycles. The van der Waals surface area contributed by atoms with Gasteiger partial charge in [0.05, 0.1) is 24.2 Å². The van der Waals surface area contributed by atoms with Crippen LogP contribution in [0.3, 0.4) is 0 Å². The van der Waals surface area contributed by atoms with Crippen molar-refractivity contribution < 1.29 is 125 Å². The predicted octanol–water partition coefficient (Wildman–Crippen LogP) is 5.59. The van der Waals surface area contributed by atoms with E-state index in [1.54, 1.807) is 52.0 Å². The highest BCUT2D eigenvalue weighted by Gasteiger charge is 2.47. The molecule has 126 heavy (non-hydrogen) atoms. The van der Waals surface area contributed by atoms with E-state index >= 15 is 0 Å². The second-order valence-electron chi connectivity index (χ2n) is 30.3. The smallest absolute Gasteiger partial charge is 0.449 e. The molecule has 0 radical (unpaired) electrons. The average Bonchev–Trinajstić information content (AvgIpc) is 1.62. The lowest BCUT2D eigenvalue weighted by molar-refractivity contribution is -0.384. The van der Waals surface area contributed by atoms with Crippen molar-refractivity contribution in [2.24, 2.45) is 29.0 Å². The largest absolute Gasteiger partial charge is 0.514 e. The SMILES string of the molecule is CC(C)C(NC(=O)OCC1c2ccccc2-c2ccccc21)C(=O)NC(CCCNC(N)=O)C(=O)Nc1ccc(COC(=O)N[C@H]2C(O)O[C@H](CO)[C@@H](F)[C@@H]2O)cc1.CC(C)C(NC(=O)OCC1c2ccccc2-c2ccccc21)C(=O)NC(CCCNC(N)=O)C(=O)Nc1ccc(COC(=O)Oc2ccc([N+](=O)[O-])cc2)cc1.N[C@H]1C(O)O[C@H](CO)[C@@H](F)[C@@H]1O. The van der Waals surface area contributed by atoms with E-state index < -0.39 is 170 Å². The van der Waals surface area contributed by atoms with Crippen LogP contribution in [-0.4, -0.2) is 221 Å². The normalized spacial score (nSPS) is 19.9. The summed E-state index contributed by atoms with van der Waals surface area (Å²) in [6.07, 6.45) is -16.0. The van der Waals surface area contributed by atoms with Crippen LogP contribution in [0.4, 0.5) is 54.6 Å². The number of nitro groups is 1. The van der Waals surface area contributed by atoms with Gasteiger partial charge in [-0.25, -0.2) is 37.5 Å². The Morgan fingerprint density at radius 3 is 1.25 bits per heavy atom. The van der Waals surface area contributed by atoms with Crippen LogP contribution in [0.2, 0.25) is 0 Å². The molecule has 0 spiro atoms.